The summed E-state index contributed by atoms with van der Waals surface area (Å²) in [7, 11) is -4.20. The Balaban J connectivity index is 2.87. The van der Waals surface area contributed by atoms with Crippen LogP contribution < -0.4 is 0 Å². The summed E-state index contributed by atoms with van der Waals surface area (Å²) >= 11 is 0. The first-order chi connectivity index (χ1) is 8.73. The van der Waals surface area contributed by atoms with Crippen LogP contribution in [0.15, 0.2) is 29.2 Å². The molecule has 0 aromatic rings. The number of fused-ring (bicyclic) bond motifs is 1. The van der Waals surface area contributed by atoms with Crippen LogP contribution in [0.2, 0.25) is 0 Å². The molecule has 2 aliphatic rings. The maximum absolute atomic E-state index is 11.6. The fourth-order valence-corrected chi connectivity index (χ4v) is 3.41. The minimum atomic E-state index is -4.20. The van der Waals surface area contributed by atoms with Crippen molar-refractivity contribution in [2.75, 3.05) is 0 Å². The van der Waals surface area contributed by atoms with E-state index in [2.05, 4.69) is 13.8 Å². The lowest BCUT2D eigenvalue weighted by molar-refractivity contribution is 0.483. The van der Waals surface area contributed by atoms with Gasteiger partial charge in [0.25, 0.3) is 10.1 Å². The molecule has 19 heavy (non-hydrogen) atoms. The molecule has 0 heterocycles. The molecule has 4 heteroatoms. The fraction of sp³-hybridized carbons (Fsp3) is 0.333. The molecule has 0 spiro atoms. The van der Waals surface area contributed by atoms with Gasteiger partial charge in [-0.2, -0.15) is 8.42 Å². The van der Waals surface area contributed by atoms with Gasteiger partial charge >= 0.3 is 0 Å². The average Bonchev–Trinajstić information content (AvgIpc) is 2.47. The number of rotatable bonds is 2. The molecule has 0 bridgehead atoms. The molecule has 2 aliphatic carbocycles. The molecule has 0 aliphatic heterocycles. The predicted octanol–water partition coefficient (Wildman–Crippen LogP) is 3.78. The van der Waals surface area contributed by atoms with Crippen LogP contribution in [0.3, 0.4) is 0 Å². The Hall–Kier alpha value is -1.39. The summed E-state index contributed by atoms with van der Waals surface area (Å²) in [4.78, 5) is 0.0332. The third-order valence-corrected chi connectivity index (χ3v) is 4.67. The van der Waals surface area contributed by atoms with Crippen molar-refractivity contribution < 1.29 is 13.0 Å². The maximum Gasteiger partial charge on any atom is 0.295 e. The van der Waals surface area contributed by atoms with E-state index in [9.17, 15) is 13.0 Å². The van der Waals surface area contributed by atoms with E-state index in [4.69, 9.17) is 0 Å². The van der Waals surface area contributed by atoms with E-state index < -0.39 is 10.1 Å². The van der Waals surface area contributed by atoms with E-state index in [1.165, 1.54) is 0 Å². The van der Waals surface area contributed by atoms with Gasteiger partial charge in [-0.25, -0.2) is 0 Å². The first-order valence-electron chi connectivity index (χ1n) is 6.23. The van der Waals surface area contributed by atoms with E-state index >= 15 is 0 Å². The van der Waals surface area contributed by atoms with Gasteiger partial charge in [0.1, 0.15) is 4.90 Å². The Morgan fingerprint density at radius 1 is 1.05 bits per heavy atom. The molecule has 0 fully saturated rings. The second-order valence-electron chi connectivity index (χ2n) is 5.21. The lowest BCUT2D eigenvalue weighted by Gasteiger charge is -2.03. The third-order valence-electron chi connectivity index (χ3n) is 3.63. The van der Waals surface area contributed by atoms with Gasteiger partial charge in [-0.3, -0.25) is 4.55 Å². The van der Waals surface area contributed by atoms with Crippen LogP contribution >= 0.6 is 0 Å². The summed E-state index contributed by atoms with van der Waals surface area (Å²) in [6.07, 6.45) is 0. The summed E-state index contributed by atoms with van der Waals surface area (Å²) in [5.41, 5.74) is 4.15. The fourth-order valence-electron chi connectivity index (χ4n) is 2.41. The van der Waals surface area contributed by atoms with Crippen LogP contribution in [0.4, 0.5) is 0 Å². The number of hydrogen-bond acceptors (Lipinski definition) is 2. The Labute approximate surface area is 114 Å². The maximum atomic E-state index is 11.6. The molecule has 0 atom stereocenters. The van der Waals surface area contributed by atoms with Gasteiger partial charge in [-0.15, -0.1) is 0 Å². The van der Waals surface area contributed by atoms with Gasteiger partial charge in [0.15, 0.2) is 0 Å². The van der Waals surface area contributed by atoms with E-state index in [1.807, 2.05) is 25.1 Å². The first-order valence-corrected chi connectivity index (χ1v) is 7.67. The molecule has 0 unspecified atom stereocenters. The zero-order chi connectivity index (χ0) is 14.4. The van der Waals surface area contributed by atoms with Crippen molar-refractivity contribution in [2.24, 2.45) is 0 Å². The van der Waals surface area contributed by atoms with Crippen LogP contribution in [-0.4, -0.2) is 13.0 Å². The standard InChI is InChI=1S/C15H18O3S/c1-9(2)12-6-5-7-13-14(8-12)10(3)11(4)15(13)19(16,17)18/h5-9H,1-4H3,(H,16,17,18). The van der Waals surface area contributed by atoms with Crippen molar-refractivity contribution in [3.05, 3.63) is 41.0 Å². The Morgan fingerprint density at radius 2 is 1.68 bits per heavy atom. The zero-order valence-electron chi connectivity index (χ0n) is 11.6. The monoisotopic (exact) mass is 278 g/mol. The van der Waals surface area contributed by atoms with E-state index in [-0.39, 0.29) is 4.90 Å². The molecule has 0 aromatic carbocycles. The molecule has 0 saturated carbocycles. The quantitative estimate of drug-likeness (QED) is 0.851. The van der Waals surface area contributed by atoms with Crippen LogP contribution in [0, 0.1) is 13.8 Å². The van der Waals surface area contributed by atoms with Gasteiger partial charge in [0.2, 0.25) is 0 Å². The third kappa shape index (κ3) is 2.38. The van der Waals surface area contributed by atoms with Gasteiger partial charge in [0.05, 0.1) is 0 Å². The topological polar surface area (TPSA) is 54.4 Å². The first kappa shape index (κ1) is 14.0. The average molecular weight is 278 g/mol. The summed E-state index contributed by atoms with van der Waals surface area (Å²) in [5.74, 6) is 0.361. The van der Waals surface area contributed by atoms with Crippen LogP contribution in [0.5, 0.6) is 0 Å². The zero-order valence-corrected chi connectivity index (χ0v) is 12.4. The van der Waals surface area contributed by atoms with Crippen LogP contribution in [-0.2, 0) is 10.1 Å². The van der Waals surface area contributed by atoms with E-state index in [0.717, 1.165) is 16.7 Å². The van der Waals surface area contributed by atoms with Crippen LogP contribution in [0.1, 0.15) is 36.5 Å². The highest BCUT2D eigenvalue weighted by Crippen LogP contribution is 2.39. The Morgan fingerprint density at radius 3 is 2.21 bits per heavy atom. The van der Waals surface area contributed by atoms with Crippen molar-refractivity contribution in [3.63, 3.8) is 0 Å². The van der Waals surface area contributed by atoms with Crippen molar-refractivity contribution in [3.8, 4) is 11.1 Å². The molecule has 102 valence electrons. The molecular formula is C15H18O3S. The highest BCUT2D eigenvalue weighted by atomic mass is 32.2. The van der Waals surface area contributed by atoms with Gasteiger partial charge in [-0.05, 0) is 42.0 Å². The molecule has 0 amide bonds. The molecule has 0 saturated heterocycles. The lowest BCUT2D eigenvalue weighted by atomic mass is 10.0. The summed E-state index contributed by atoms with van der Waals surface area (Å²) in [5, 5.41) is 0. The molecular weight excluding hydrogens is 260 g/mol. The van der Waals surface area contributed by atoms with Crippen molar-refractivity contribution >= 4 is 10.1 Å². The summed E-state index contributed by atoms with van der Waals surface area (Å²) in [6, 6.07) is 7.58. The van der Waals surface area contributed by atoms with Gasteiger partial charge < -0.3 is 0 Å². The van der Waals surface area contributed by atoms with Gasteiger partial charge in [-0.1, -0.05) is 38.1 Å². The minimum Gasteiger partial charge on any atom is -0.282 e. The highest BCUT2D eigenvalue weighted by molar-refractivity contribution is 7.86. The Bertz CT molecular complexity index is 700. The molecule has 3 nitrogen and oxygen atoms in total. The minimum absolute atomic E-state index is 0.0332. The second-order valence-corrected chi connectivity index (χ2v) is 6.56. The van der Waals surface area contributed by atoms with E-state index in [0.29, 0.717) is 17.0 Å². The molecule has 2 rings (SSSR count). The van der Waals surface area contributed by atoms with Crippen molar-refractivity contribution in [1.82, 2.24) is 0 Å². The second kappa shape index (κ2) is 4.62. The van der Waals surface area contributed by atoms with Gasteiger partial charge in [0, 0.05) is 5.56 Å². The Kier molecular flexibility index (Phi) is 3.41. The van der Waals surface area contributed by atoms with Crippen molar-refractivity contribution in [1.29, 1.82) is 0 Å². The van der Waals surface area contributed by atoms with Crippen LogP contribution in [0.25, 0.3) is 11.1 Å². The summed E-state index contributed by atoms with van der Waals surface area (Å²) in [6.45, 7) is 7.80. The predicted molar refractivity (Wildman–Crippen MR) is 76.4 cm³/mol. The lowest BCUT2D eigenvalue weighted by Crippen LogP contribution is -1.99. The summed E-state index contributed by atoms with van der Waals surface area (Å²) < 4.78 is 32.5. The largest absolute Gasteiger partial charge is 0.295 e. The smallest absolute Gasteiger partial charge is 0.282 e. The highest BCUT2D eigenvalue weighted by Gasteiger charge is 2.25. The molecule has 0 radical (unpaired) electrons. The normalized spacial score (nSPS) is 12.3. The van der Waals surface area contributed by atoms with E-state index in [1.54, 1.807) is 13.0 Å². The molecule has 0 aromatic heterocycles. The molecule has 1 N–H and O–H groups in total. The SMILES string of the molecule is Cc1c2cc(C(C)C)cccc-2c(S(=O)(=O)O)c1C. The van der Waals surface area contributed by atoms with Crippen molar-refractivity contribution in [2.45, 2.75) is 38.5 Å². The number of hydrogen-bond donors (Lipinski definition) is 1.